The lowest BCUT2D eigenvalue weighted by molar-refractivity contribution is 0.337. The number of anilines is 1. The second-order valence-electron chi connectivity index (χ2n) is 7.42. The highest BCUT2D eigenvalue weighted by molar-refractivity contribution is 5.54. The number of benzene rings is 2. The van der Waals surface area contributed by atoms with Gasteiger partial charge in [-0.1, -0.05) is 32.1 Å². The molecule has 25 heavy (non-hydrogen) atoms. The average Bonchev–Trinajstić information content (AvgIpc) is 2.59. The standard InChI is InChI=1S/C22H29NO2/c1-15-12-19(23)13-16(2)22(15)25-20-10-11-21(24)18(14-20)9-8-17-6-4-3-5-7-17/h10-14,17,24H,3-9,23H2,1-2H3. The van der Waals surface area contributed by atoms with Crippen molar-refractivity contribution in [1.82, 2.24) is 0 Å². The number of nitrogens with two attached hydrogens (primary N) is 1. The van der Waals surface area contributed by atoms with Crippen molar-refractivity contribution in [3.8, 4) is 17.2 Å². The van der Waals surface area contributed by atoms with Crippen LogP contribution >= 0.6 is 0 Å². The number of phenolic OH excluding ortho intramolecular Hbond substituents is 1. The van der Waals surface area contributed by atoms with Crippen LogP contribution in [-0.4, -0.2) is 5.11 Å². The zero-order valence-electron chi connectivity index (χ0n) is 15.3. The van der Waals surface area contributed by atoms with Crippen molar-refractivity contribution < 1.29 is 9.84 Å². The molecule has 0 radical (unpaired) electrons. The highest BCUT2D eigenvalue weighted by Gasteiger charge is 2.15. The maximum Gasteiger partial charge on any atom is 0.133 e. The van der Waals surface area contributed by atoms with Gasteiger partial charge in [-0.05, 0) is 79.6 Å². The van der Waals surface area contributed by atoms with Gasteiger partial charge >= 0.3 is 0 Å². The van der Waals surface area contributed by atoms with Gasteiger partial charge in [0.1, 0.15) is 17.2 Å². The van der Waals surface area contributed by atoms with Crippen LogP contribution in [0.15, 0.2) is 30.3 Å². The number of hydrogen-bond donors (Lipinski definition) is 2. The molecule has 3 nitrogen and oxygen atoms in total. The molecule has 134 valence electrons. The summed E-state index contributed by atoms with van der Waals surface area (Å²) in [7, 11) is 0. The number of ether oxygens (including phenoxy) is 1. The number of hydrogen-bond acceptors (Lipinski definition) is 3. The van der Waals surface area contributed by atoms with E-state index < -0.39 is 0 Å². The molecule has 3 N–H and O–H groups in total. The molecule has 0 unspecified atom stereocenters. The molecule has 0 bridgehead atoms. The molecule has 1 fully saturated rings. The van der Waals surface area contributed by atoms with Gasteiger partial charge in [0.2, 0.25) is 0 Å². The van der Waals surface area contributed by atoms with Crippen LogP contribution in [0.2, 0.25) is 0 Å². The van der Waals surface area contributed by atoms with Crippen molar-refractivity contribution in [2.75, 3.05) is 5.73 Å². The van der Waals surface area contributed by atoms with E-state index in [1.807, 2.05) is 38.1 Å². The van der Waals surface area contributed by atoms with Crippen molar-refractivity contribution in [2.45, 2.75) is 58.8 Å². The van der Waals surface area contributed by atoms with Gasteiger partial charge in [0.05, 0.1) is 0 Å². The van der Waals surface area contributed by atoms with Crippen molar-refractivity contribution >= 4 is 5.69 Å². The van der Waals surface area contributed by atoms with Crippen LogP contribution in [0, 0.1) is 19.8 Å². The smallest absolute Gasteiger partial charge is 0.133 e. The van der Waals surface area contributed by atoms with E-state index in [1.165, 1.54) is 32.1 Å². The van der Waals surface area contributed by atoms with Gasteiger partial charge in [0.15, 0.2) is 0 Å². The Balaban J connectivity index is 1.73. The molecule has 0 spiro atoms. The summed E-state index contributed by atoms with van der Waals surface area (Å²) in [6.45, 7) is 4.01. The third kappa shape index (κ3) is 4.47. The van der Waals surface area contributed by atoms with Gasteiger partial charge in [0, 0.05) is 5.69 Å². The van der Waals surface area contributed by atoms with Gasteiger partial charge in [-0.15, -0.1) is 0 Å². The fourth-order valence-electron chi connectivity index (χ4n) is 3.92. The maximum atomic E-state index is 10.2. The van der Waals surface area contributed by atoms with Gasteiger partial charge in [0.25, 0.3) is 0 Å². The number of rotatable bonds is 5. The van der Waals surface area contributed by atoms with Crippen LogP contribution in [0.25, 0.3) is 0 Å². The Hall–Kier alpha value is -2.16. The minimum atomic E-state index is 0.369. The molecule has 3 rings (SSSR count). The molecular formula is C22H29NO2. The Morgan fingerprint density at radius 1 is 1.04 bits per heavy atom. The highest BCUT2D eigenvalue weighted by atomic mass is 16.5. The third-order valence-electron chi connectivity index (χ3n) is 5.30. The Morgan fingerprint density at radius 3 is 2.40 bits per heavy atom. The van der Waals surface area contributed by atoms with Crippen molar-refractivity contribution in [1.29, 1.82) is 0 Å². The molecule has 0 aliphatic heterocycles. The zero-order valence-corrected chi connectivity index (χ0v) is 15.3. The summed E-state index contributed by atoms with van der Waals surface area (Å²) in [5.41, 5.74) is 9.66. The van der Waals surface area contributed by atoms with E-state index in [4.69, 9.17) is 10.5 Å². The van der Waals surface area contributed by atoms with Crippen molar-refractivity contribution in [3.63, 3.8) is 0 Å². The highest BCUT2D eigenvalue weighted by Crippen LogP contribution is 2.34. The normalized spacial score (nSPS) is 15.3. The van der Waals surface area contributed by atoms with E-state index in [0.717, 1.165) is 52.6 Å². The van der Waals surface area contributed by atoms with Crippen LogP contribution in [0.4, 0.5) is 5.69 Å². The summed E-state index contributed by atoms with van der Waals surface area (Å²) < 4.78 is 6.12. The summed E-state index contributed by atoms with van der Waals surface area (Å²) in [4.78, 5) is 0. The fraction of sp³-hybridized carbons (Fsp3) is 0.455. The molecule has 1 saturated carbocycles. The predicted molar refractivity (Wildman–Crippen MR) is 103 cm³/mol. The lowest BCUT2D eigenvalue weighted by Gasteiger charge is -2.21. The number of nitrogen functional groups attached to an aromatic ring is 1. The van der Waals surface area contributed by atoms with Crippen LogP contribution in [0.5, 0.6) is 17.2 Å². The Labute approximate surface area is 150 Å². The molecular weight excluding hydrogens is 310 g/mol. The summed E-state index contributed by atoms with van der Waals surface area (Å²) in [5.74, 6) is 2.79. The number of phenols is 1. The van der Waals surface area contributed by atoms with Gasteiger partial charge in [-0.25, -0.2) is 0 Å². The van der Waals surface area contributed by atoms with E-state index in [1.54, 1.807) is 6.07 Å². The third-order valence-corrected chi connectivity index (χ3v) is 5.30. The SMILES string of the molecule is Cc1cc(N)cc(C)c1Oc1ccc(O)c(CCC2CCCCC2)c1. The Morgan fingerprint density at radius 2 is 1.72 bits per heavy atom. The van der Waals surface area contributed by atoms with Crippen LogP contribution in [-0.2, 0) is 6.42 Å². The molecule has 1 aliphatic rings. The largest absolute Gasteiger partial charge is 0.508 e. The van der Waals surface area contributed by atoms with E-state index in [0.29, 0.717) is 5.75 Å². The zero-order chi connectivity index (χ0) is 17.8. The monoisotopic (exact) mass is 339 g/mol. The first kappa shape index (κ1) is 17.7. The minimum absolute atomic E-state index is 0.369. The molecule has 3 heteroatoms. The maximum absolute atomic E-state index is 10.2. The minimum Gasteiger partial charge on any atom is -0.508 e. The Kier molecular flexibility index (Phi) is 5.52. The molecule has 0 atom stereocenters. The van der Waals surface area contributed by atoms with Crippen LogP contribution in [0.1, 0.15) is 55.2 Å². The lowest BCUT2D eigenvalue weighted by atomic mass is 9.85. The Bertz CT molecular complexity index is 710. The van der Waals surface area contributed by atoms with Gasteiger partial charge < -0.3 is 15.6 Å². The number of aromatic hydroxyl groups is 1. The van der Waals surface area contributed by atoms with Gasteiger partial charge in [-0.3, -0.25) is 0 Å². The topological polar surface area (TPSA) is 55.5 Å². The summed E-state index contributed by atoms with van der Waals surface area (Å²) in [6.07, 6.45) is 8.82. The summed E-state index contributed by atoms with van der Waals surface area (Å²) in [6, 6.07) is 9.40. The first-order chi connectivity index (χ1) is 12.0. The predicted octanol–water partition coefficient (Wildman–Crippen LogP) is 5.90. The second-order valence-corrected chi connectivity index (χ2v) is 7.42. The van der Waals surface area contributed by atoms with E-state index in [-0.39, 0.29) is 0 Å². The molecule has 2 aromatic rings. The lowest BCUT2D eigenvalue weighted by Crippen LogP contribution is -2.07. The molecule has 0 heterocycles. The van der Waals surface area contributed by atoms with Crippen molar-refractivity contribution in [3.05, 3.63) is 47.0 Å². The average molecular weight is 339 g/mol. The molecule has 0 amide bonds. The van der Waals surface area contributed by atoms with Crippen LogP contribution < -0.4 is 10.5 Å². The van der Waals surface area contributed by atoms with Crippen LogP contribution in [0.3, 0.4) is 0 Å². The van der Waals surface area contributed by atoms with E-state index in [9.17, 15) is 5.11 Å². The van der Waals surface area contributed by atoms with Crippen molar-refractivity contribution in [2.24, 2.45) is 5.92 Å². The molecule has 2 aromatic carbocycles. The first-order valence-corrected chi connectivity index (χ1v) is 9.39. The quantitative estimate of drug-likeness (QED) is 0.667. The van der Waals surface area contributed by atoms with E-state index >= 15 is 0 Å². The summed E-state index contributed by atoms with van der Waals surface area (Å²) >= 11 is 0. The molecule has 0 aromatic heterocycles. The second kappa shape index (κ2) is 7.81. The van der Waals surface area contributed by atoms with E-state index in [2.05, 4.69) is 0 Å². The fourth-order valence-corrected chi connectivity index (χ4v) is 3.92. The van der Waals surface area contributed by atoms with Gasteiger partial charge in [-0.2, -0.15) is 0 Å². The number of aryl methyl sites for hydroxylation is 3. The summed E-state index contributed by atoms with van der Waals surface area (Å²) in [5, 5.41) is 10.2. The molecule has 0 saturated heterocycles. The first-order valence-electron chi connectivity index (χ1n) is 9.39. The molecule has 1 aliphatic carbocycles.